The molecule has 0 saturated heterocycles. The van der Waals surface area contributed by atoms with Gasteiger partial charge in [-0.05, 0) is 43.4 Å². The van der Waals surface area contributed by atoms with Crippen LogP contribution in [0, 0.1) is 0 Å². The predicted octanol–water partition coefficient (Wildman–Crippen LogP) is 4.68. The molecule has 0 atom stereocenters. The second kappa shape index (κ2) is 7.38. The fraction of sp³-hybridized carbons (Fsp3) is 0.150. The van der Waals surface area contributed by atoms with Crippen LogP contribution in [0.3, 0.4) is 0 Å². The van der Waals surface area contributed by atoms with Crippen LogP contribution in [0.2, 0.25) is 5.02 Å². The first-order valence-corrected chi connectivity index (χ1v) is 9.76. The number of carbonyl (C=O) groups excluding carboxylic acids is 1. The van der Waals surface area contributed by atoms with Crippen LogP contribution >= 0.6 is 27.5 Å². The molecule has 7 heteroatoms. The van der Waals surface area contributed by atoms with E-state index in [-0.39, 0.29) is 5.91 Å². The average Bonchev–Trinajstić information content (AvgIpc) is 3.21. The van der Waals surface area contributed by atoms with Gasteiger partial charge in [0, 0.05) is 44.4 Å². The third kappa shape index (κ3) is 3.48. The van der Waals surface area contributed by atoms with Crippen molar-refractivity contribution in [3.63, 3.8) is 0 Å². The molecular weight excluding hydrogens is 428 g/mol. The standard InChI is InChI=1S/C20H18BrClN4O/c1-23-6-7-24-20(27)18-14-4-2-12(21)10-16(14)26-19(18)17-9-11-8-13(22)3-5-15(11)25-17/h2-5,8-10,23,25-26H,6-7H2,1H3,(H,24,27). The van der Waals surface area contributed by atoms with E-state index in [1.54, 1.807) is 0 Å². The molecule has 0 unspecified atom stereocenters. The van der Waals surface area contributed by atoms with E-state index in [0.29, 0.717) is 23.7 Å². The van der Waals surface area contributed by atoms with Crippen LogP contribution in [-0.4, -0.2) is 36.0 Å². The maximum atomic E-state index is 12.9. The molecule has 5 nitrogen and oxygen atoms in total. The average molecular weight is 446 g/mol. The fourth-order valence-electron chi connectivity index (χ4n) is 3.24. The van der Waals surface area contributed by atoms with Gasteiger partial charge in [0.2, 0.25) is 0 Å². The van der Waals surface area contributed by atoms with Gasteiger partial charge in [-0.2, -0.15) is 0 Å². The molecule has 4 N–H and O–H groups in total. The number of carbonyl (C=O) groups is 1. The zero-order chi connectivity index (χ0) is 19.0. The molecular formula is C20H18BrClN4O. The van der Waals surface area contributed by atoms with Crippen LogP contribution in [0.25, 0.3) is 33.2 Å². The van der Waals surface area contributed by atoms with Crippen LogP contribution in [0.15, 0.2) is 46.9 Å². The molecule has 2 aromatic heterocycles. The van der Waals surface area contributed by atoms with Crippen molar-refractivity contribution in [1.29, 1.82) is 0 Å². The van der Waals surface area contributed by atoms with Crippen LogP contribution in [0.1, 0.15) is 10.4 Å². The Morgan fingerprint density at radius 1 is 1.07 bits per heavy atom. The highest BCUT2D eigenvalue weighted by Gasteiger charge is 2.21. The molecule has 0 aliphatic carbocycles. The minimum atomic E-state index is -0.106. The zero-order valence-corrected chi connectivity index (χ0v) is 17.0. The summed E-state index contributed by atoms with van der Waals surface area (Å²) in [5, 5.41) is 8.57. The largest absolute Gasteiger partial charge is 0.353 e. The quantitative estimate of drug-likeness (QED) is 0.337. The maximum absolute atomic E-state index is 12.9. The number of aromatic amines is 2. The van der Waals surface area contributed by atoms with Crippen molar-refractivity contribution < 1.29 is 4.79 Å². The van der Waals surface area contributed by atoms with Crippen LogP contribution in [0.5, 0.6) is 0 Å². The smallest absolute Gasteiger partial charge is 0.254 e. The number of hydrogen-bond acceptors (Lipinski definition) is 2. The lowest BCUT2D eigenvalue weighted by Gasteiger charge is -2.06. The van der Waals surface area contributed by atoms with E-state index in [1.165, 1.54) is 0 Å². The predicted molar refractivity (Wildman–Crippen MR) is 115 cm³/mol. The third-order valence-electron chi connectivity index (χ3n) is 4.50. The monoisotopic (exact) mass is 444 g/mol. The highest BCUT2D eigenvalue weighted by Crippen LogP contribution is 2.33. The van der Waals surface area contributed by atoms with Gasteiger partial charge in [0.1, 0.15) is 0 Å². The van der Waals surface area contributed by atoms with Crippen LogP contribution in [0.4, 0.5) is 0 Å². The fourth-order valence-corrected chi connectivity index (χ4v) is 3.78. The molecule has 2 aromatic carbocycles. The Labute approximate surface area is 169 Å². The highest BCUT2D eigenvalue weighted by atomic mass is 79.9. The van der Waals surface area contributed by atoms with E-state index in [2.05, 4.69) is 36.5 Å². The molecule has 0 radical (unpaired) electrons. The van der Waals surface area contributed by atoms with Gasteiger partial charge in [0.05, 0.1) is 17.0 Å². The van der Waals surface area contributed by atoms with Crippen LogP contribution in [-0.2, 0) is 0 Å². The van der Waals surface area contributed by atoms with Crippen molar-refractivity contribution in [3.8, 4) is 11.4 Å². The van der Waals surface area contributed by atoms with Crippen molar-refractivity contribution in [2.75, 3.05) is 20.1 Å². The topological polar surface area (TPSA) is 72.7 Å². The van der Waals surface area contributed by atoms with E-state index in [1.807, 2.05) is 49.5 Å². The Bertz CT molecular complexity index is 1150. The lowest BCUT2D eigenvalue weighted by Crippen LogP contribution is -2.30. The summed E-state index contributed by atoms with van der Waals surface area (Å²) in [7, 11) is 1.86. The number of fused-ring (bicyclic) bond motifs is 2. The van der Waals surface area contributed by atoms with Crippen molar-refractivity contribution in [2.24, 2.45) is 0 Å². The van der Waals surface area contributed by atoms with Gasteiger partial charge < -0.3 is 20.6 Å². The summed E-state index contributed by atoms with van der Waals surface area (Å²) in [6.45, 7) is 1.26. The number of amides is 1. The molecule has 138 valence electrons. The van der Waals surface area contributed by atoms with Crippen molar-refractivity contribution in [3.05, 3.63) is 57.5 Å². The molecule has 4 rings (SSSR count). The van der Waals surface area contributed by atoms with E-state index in [4.69, 9.17) is 11.6 Å². The first kappa shape index (κ1) is 18.1. The Hall–Kier alpha value is -2.28. The molecule has 27 heavy (non-hydrogen) atoms. The zero-order valence-electron chi connectivity index (χ0n) is 14.6. The summed E-state index contributed by atoms with van der Waals surface area (Å²) in [6, 6.07) is 13.6. The molecule has 0 saturated carbocycles. The molecule has 0 bridgehead atoms. The normalized spacial score (nSPS) is 11.4. The van der Waals surface area contributed by atoms with E-state index in [9.17, 15) is 4.79 Å². The molecule has 4 aromatic rings. The summed E-state index contributed by atoms with van der Waals surface area (Å²) in [6.07, 6.45) is 0. The van der Waals surface area contributed by atoms with Gasteiger partial charge in [-0.1, -0.05) is 33.6 Å². The molecule has 0 aliphatic heterocycles. The molecule has 0 spiro atoms. The summed E-state index contributed by atoms with van der Waals surface area (Å²) < 4.78 is 0.952. The van der Waals surface area contributed by atoms with Gasteiger partial charge in [-0.15, -0.1) is 0 Å². The second-order valence-electron chi connectivity index (χ2n) is 6.34. The number of halogens is 2. The lowest BCUT2D eigenvalue weighted by molar-refractivity contribution is 0.0956. The van der Waals surface area contributed by atoms with Crippen molar-refractivity contribution in [2.45, 2.75) is 0 Å². The summed E-state index contributed by atoms with van der Waals surface area (Å²) in [4.78, 5) is 19.7. The third-order valence-corrected chi connectivity index (χ3v) is 5.23. The number of aromatic nitrogens is 2. The number of benzene rings is 2. The minimum Gasteiger partial charge on any atom is -0.353 e. The van der Waals surface area contributed by atoms with E-state index < -0.39 is 0 Å². The SMILES string of the molecule is CNCCNC(=O)c1c(-c2cc3cc(Cl)ccc3[nH]2)[nH]c2cc(Br)ccc12. The number of likely N-dealkylation sites (N-methyl/N-ethyl adjacent to an activating group) is 1. The Morgan fingerprint density at radius 2 is 1.93 bits per heavy atom. The number of H-pyrrole nitrogens is 2. The second-order valence-corrected chi connectivity index (χ2v) is 7.69. The van der Waals surface area contributed by atoms with E-state index >= 15 is 0 Å². The van der Waals surface area contributed by atoms with E-state index in [0.717, 1.165) is 37.7 Å². The van der Waals surface area contributed by atoms with Crippen molar-refractivity contribution >= 4 is 55.2 Å². The van der Waals surface area contributed by atoms with Crippen LogP contribution < -0.4 is 10.6 Å². The van der Waals surface area contributed by atoms with Crippen molar-refractivity contribution in [1.82, 2.24) is 20.6 Å². The summed E-state index contributed by atoms with van der Waals surface area (Å²) >= 11 is 9.61. The van der Waals surface area contributed by atoms with Gasteiger partial charge in [0.25, 0.3) is 5.91 Å². The van der Waals surface area contributed by atoms with Gasteiger partial charge >= 0.3 is 0 Å². The first-order valence-electron chi connectivity index (χ1n) is 8.59. The lowest BCUT2D eigenvalue weighted by atomic mass is 10.1. The molecule has 0 fully saturated rings. The Balaban J connectivity index is 1.87. The molecule has 0 aliphatic rings. The summed E-state index contributed by atoms with van der Waals surface area (Å²) in [5.74, 6) is -0.106. The Kier molecular flexibility index (Phi) is 4.95. The number of hydrogen-bond donors (Lipinski definition) is 4. The summed E-state index contributed by atoms with van der Waals surface area (Å²) in [5.41, 5.74) is 4.10. The van der Waals surface area contributed by atoms with Gasteiger partial charge in [0.15, 0.2) is 0 Å². The number of rotatable bonds is 5. The van der Waals surface area contributed by atoms with Gasteiger partial charge in [-0.25, -0.2) is 0 Å². The maximum Gasteiger partial charge on any atom is 0.254 e. The first-order chi connectivity index (χ1) is 13.1. The number of nitrogens with one attached hydrogen (secondary N) is 4. The molecule has 1 amide bonds. The van der Waals surface area contributed by atoms with Gasteiger partial charge in [-0.3, -0.25) is 4.79 Å². The Morgan fingerprint density at radius 3 is 2.74 bits per heavy atom. The minimum absolute atomic E-state index is 0.106. The molecule has 2 heterocycles. The highest BCUT2D eigenvalue weighted by molar-refractivity contribution is 9.10.